The molecule has 24 heavy (non-hydrogen) atoms. The van der Waals surface area contributed by atoms with E-state index in [0.717, 1.165) is 38.2 Å². The molecule has 1 N–H and O–H groups in total. The Hall–Kier alpha value is -1.59. The van der Waals surface area contributed by atoms with Crippen LogP contribution >= 0.6 is 0 Å². The molecule has 5 heteroatoms. The fourth-order valence-corrected chi connectivity index (χ4v) is 4.21. The number of ether oxygens (including phenoxy) is 2. The second-order valence-corrected chi connectivity index (χ2v) is 7.09. The van der Waals surface area contributed by atoms with Crippen LogP contribution in [0.25, 0.3) is 0 Å². The van der Waals surface area contributed by atoms with E-state index >= 15 is 0 Å². The molecule has 1 aromatic carbocycles. The van der Waals surface area contributed by atoms with Crippen molar-refractivity contribution in [1.82, 2.24) is 10.2 Å². The Bertz CT molecular complexity index is 565. The summed E-state index contributed by atoms with van der Waals surface area (Å²) in [6, 6.07) is 8.52. The lowest BCUT2D eigenvalue weighted by atomic mass is 9.90. The first-order valence-electron chi connectivity index (χ1n) is 9.16. The van der Waals surface area contributed by atoms with Gasteiger partial charge in [-0.25, -0.2) is 0 Å². The van der Waals surface area contributed by atoms with Crippen LogP contribution < -0.4 is 10.1 Å². The Morgan fingerprint density at radius 1 is 1.25 bits per heavy atom. The SMILES string of the molecule is O=C(CN1CCO[C@@H]2CCCC[C@@H]21)NC[C@H]1Cc2ccccc2O1. The molecule has 1 aromatic rings. The van der Waals surface area contributed by atoms with Crippen LogP contribution in [0.5, 0.6) is 5.75 Å². The second kappa shape index (κ2) is 7.11. The average Bonchev–Trinajstić information content (AvgIpc) is 3.03. The molecular formula is C19H26N2O3. The third-order valence-electron chi connectivity index (χ3n) is 5.43. The summed E-state index contributed by atoms with van der Waals surface area (Å²) in [6.07, 6.45) is 6.04. The lowest BCUT2D eigenvalue weighted by molar-refractivity contribution is -0.129. The summed E-state index contributed by atoms with van der Waals surface area (Å²) >= 11 is 0. The molecule has 0 unspecified atom stereocenters. The van der Waals surface area contributed by atoms with Gasteiger partial charge >= 0.3 is 0 Å². The molecule has 3 atom stereocenters. The number of hydrogen-bond acceptors (Lipinski definition) is 4. The van der Waals surface area contributed by atoms with Crippen molar-refractivity contribution >= 4 is 5.91 Å². The van der Waals surface area contributed by atoms with Gasteiger partial charge in [0.25, 0.3) is 0 Å². The zero-order chi connectivity index (χ0) is 16.4. The summed E-state index contributed by atoms with van der Waals surface area (Å²) in [5.41, 5.74) is 1.23. The topological polar surface area (TPSA) is 50.8 Å². The minimum absolute atomic E-state index is 0.0541. The largest absolute Gasteiger partial charge is 0.488 e. The smallest absolute Gasteiger partial charge is 0.234 e. The van der Waals surface area contributed by atoms with Crippen molar-refractivity contribution in [3.63, 3.8) is 0 Å². The number of amides is 1. The van der Waals surface area contributed by atoms with Crippen molar-refractivity contribution in [1.29, 1.82) is 0 Å². The summed E-state index contributed by atoms with van der Waals surface area (Å²) < 4.78 is 11.8. The summed E-state index contributed by atoms with van der Waals surface area (Å²) in [5, 5.41) is 3.06. The van der Waals surface area contributed by atoms with E-state index in [0.29, 0.717) is 25.2 Å². The van der Waals surface area contributed by atoms with Crippen molar-refractivity contribution in [2.24, 2.45) is 0 Å². The summed E-state index contributed by atoms with van der Waals surface area (Å²) in [6.45, 7) is 2.66. The van der Waals surface area contributed by atoms with Gasteiger partial charge < -0.3 is 14.8 Å². The quantitative estimate of drug-likeness (QED) is 0.914. The first-order chi connectivity index (χ1) is 11.8. The zero-order valence-corrected chi connectivity index (χ0v) is 14.1. The van der Waals surface area contributed by atoms with Crippen LogP contribution in [0, 0.1) is 0 Å². The Balaban J connectivity index is 1.25. The minimum Gasteiger partial charge on any atom is -0.488 e. The molecular weight excluding hydrogens is 304 g/mol. The standard InChI is InChI=1S/C19H26N2O3/c22-19(13-21-9-10-23-18-8-4-2-6-16(18)21)20-12-15-11-14-5-1-3-7-17(14)24-15/h1,3,5,7,15-16,18H,2,4,6,8-13H2,(H,20,22)/t15-,16+,18-/m1/s1. The molecule has 2 fully saturated rings. The third-order valence-corrected chi connectivity index (χ3v) is 5.43. The van der Waals surface area contributed by atoms with Crippen molar-refractivity contribution in [2.45, 2.75) is 50.4 Å². The van der Waals surface area contributed by atoms with Crippen molar-refractivity contribution in [3.05, 3.63) is 29.8 Å². The van der Waals surface area contributed by atoms with E-state index in [1.165, 1.54) is 18.4 Å². The molecule has 1 aliphatic carbocycles. The van der Waals surface area contributed by atoms with E-state index in [9.17, 15) is 4.79 Å². The number of fused-ring (bicyclic) bond motifs is 2. The van der Waals surface area contributed by atoms with Crippen LogP contribution in [-0.4, -0.2) is 55.3 Å². The first kappa shape index (κ1) is 15.9. The number of nitrogens with one attached hydrogen (secondary N) is 1. The van der Waals surface area contributed by atoms with Crippen LogP contribution in [0.4, 0.5) is 0 Å². The molecule has 5 nitrogen and oxygen atoms in total. The predicted octanol–water partition coefficient (Wildman–Crippen LogP) is 1.75. The van der Waals surface area contributed by atoms with Crippen LogP contribution in [0.3, 0.4) is 0 Å². The van der Waals surface area contributed by atoms with Gasteiger partial charge in [-0.1, -0.05) is 31.0 Å². The van der Waals surface area contributed by atoms with Crippen molar-refractivity contribution in [2.75, 3.05) is 26.2 Å². The monoisotopic (exact) mass is 330 g/mol. The number of carbonyl (C=O) groups is 1. The van der Waals surface area contributed by atoms with Gasteiger partial charge in [0.15, 0.2) is 0 Å². The van der Waals surface area contributed by atoms with E-state index in [4.69, 9.17) is 9.47 Å². The van der Waals surface area contributed by atoms with Gasteiger partial charge in [0.1, 0.15) is 11.9 Å². The Morgan fingerprint density at radius 2 is 2.12 bits per heavy atom. The molecule has 2 heterocycles. The van der Waals surface area contributed by atoms with E-state index in [1.807, 2.05) is 18.2 Å². The highest BCUT2D eigenvalue weighted by Gasteiger charge is 2.35. The van der Waals surface area contributed by atoms with Gasteiger partial charge in [0.2, 0.25) is 5.91 Å². The first-order valence-corrected chi connectivity index (χ1v) is 9.16. The van der Waals surface area contributed by atoms with Gasteiger partial charge in [-0.3, -0.25) is 9.69 Å². The second-order valence-electron chi connectivity index (χ2n) is 7.09. The van der Waals surface area contributed by atoms with E-state index in [2.05, 4.69) is 16.3 Å². The molecule has 1 amide bonds. The normalized spacial score (nSPS) is 29.4. The summed E-state index contributed by atoms with van der Waals surface area (Å²) in [4.78, 5) is 14.7. The van der Waals surface area contributed by atoms with Crippen LogP contribution in [-0.2, 0) is 16.0 Å². The molecule has 2 aliphatic heterocycles. The Labute approximate surface area is 143 Å². The maximum Gasteiger partial charge on any atom is 0.234 e. The van der Waals surface area contributed by atoms with E-state index < -0.39 is 0 Å². The molecule has 0 bridgehead atoms. The Morgan fingerprint density at radius 3 is 3.04 bits per heavy atom. The fourth-order valence-electron chi connectivity index (χ4n) is 4.21. The molecule has 4 rings (SSSR count). The molecule has 0 aromatic heterocycles. The number of benzene rings is 1. The van der Waals surface area contributed by atoms with E-state index in [-0.39, 0.29) is 12.0 Å². The number of hydrogen-bond donors (Lipinski definition) is 1. The number of nitrogens with zero attached hydrogens (tertiary/aromatic N) is 1. The van der Waals surface area contributed by atoms with Crippen LogP contribution in [0.15, 0.2) is 24.3 Å². The van der Waals surface area contributed by atoms with Crippen LogP contribution in [0.2, 0.25) is 0 Å². The highest BCUT2D eigenvalue weighted by molar-refractivity contribution is 5.78. The summed E-state index contributed by atoms with van der Waals surface area (Å²) in [5.74, 6) is 1.05. The molecule has 3 aliphatic rings. The minimum atomic E-state index is 0.0541. The highest BCUT2D eigenvalue weighted by Crippen LogP contribution is 2.29. The molecule has 130 valence electrons. The number of para-hydroxylation sites is 1. The van der Waals surface area contributed by atoms with Gasteiger partial charge in [-0.05, 0) is 24.5 Å². The highest BCUT2D eigenvalue weighted by atomic mass is 16.5. The lowest BCUT2D eigenvalue weighted by Crippen LogP contribution is -2.55. The third kappa shape index (κ3) is 3.42. The fraction of sp³-hybridized carbons (Fsp3) is 0.632. The van der Waals surface area contributed by atoms with Crippen molar-refractivity contribution in [3.8, 4) is 5.75 Å². The Kier molecular flexibility index (Phi) is 4.72. The predicted molar refractivity (Wildman–Crippen MR) is 91.1 cm³/mol. The molecule has 1 saturated carbocycles. The zero-order valence-electron chi connectivity index (χ0n) is 14.1. The summed E-state index contributed by atoms with van der Waals surface area (Å²) in [7, 11) is 0. The maximum atomic E-state index is 12.4. The number of morpholine rings is 1. The molecule has 1 saturated heterocycles. The van der Waals surface area contributed by atoms with Gasteiger partial charge in [0, 0.05) is 19.0 Å². The van der Waals surface area contributed by atoms with Gasteiger partial charge in [-0.15, -0.1) is 0 Å². The maximum absolute atomic E-state index is 12.4. The van der Waals surface area contributed by atoms with Crippen molar-refractivity contribution < 1.29 is 14.3 Å². The van der Waals surface area contributed by atoms with Gasteiger partial charge in [-0.2, -0.15) is 0 Å². The van der Waals surface area contributed by atoms with E-state index in [1.54, 1.807) is 0 Å². The van der Waals surface area contributed by atoms with Gasteiger partial charge in [0.05, 0.1) is 25.8 Å². The number of rotatable bonds is 4. The van der Waals surface area contributed by atoms with Crippen LogP contribution in [0.1, 0.15) is 31.2 Å². The number of carbonyl (C=O) groups excluding carboxylic acids is 1. The molecule has 0 radical (unpaired) electrons. The molecule has 0 spiro atoms. The average molecular weight is 330 g/mol. The lowest BCUT2D eigenvalue weighted by Gasteiger charge is -2.43.